The molecule has 0 bridgehead atoms. The van der Waals surface area contributed by atoms with Gasteiger partial charge in [0.1, 0.15) is 12.1 Å². The molecular formula is C16H21BrN2O2. The fraction of sp³-hybridized carbons (Fsp3) is 0.500. The molecule has 0 aromatic heterocycles. The second kappa shape index (κ2) is 5.44. The van der Waals surface area contributed by atoms with Crippen molar-refractivity contribution in [1.29, 1.82) is 0 Å². The average molecular weight is 353 g/mol. The Morgan fingerprint density at radius 2 is 1.86 bits per heavy atom. The van der Waals surface area contributed by atoms with E-state index in [4.69, 9.17) is 0 Å². The van der Waals surface area contributed by atoms with Crippen molar-refractivity contribution in [3.63, 3.8) is 0 Å². The molecule has 0 spiro atoms. The summed E-state index contributed by atoms with van der Waals surface area (Å²) in [6.07, 6.45) is 0. The molecule has 1 aromatic rings. The average Bonchev–Trinajstić information content (AvgIpc) is 2.37. The minimum Gasteiger partial charge on any atom is -0.342 e. The number of benzene rings is 1. The van der Waals surface area contributed by atoms with E-state index in [1.165, 1.54) is 0 Å². The number of carbonyl (C=O) groups is 2. The van der Waals surface area contributed by atoms with E-state index >= 15 is 0 Å². The quantitative estimate of drug-likeness (QED) is 0.844. The van der Waals surface area contributed by atoms with Crippen LogP contribution in [0.5, 0.6) is 0 Å². The van der Waals surface area contributed by atoms with Gasteiger partial charge in [0, 0.05) is 10.2 Å². The van der Waals surface area contributed by atoms with Crippen molar-refractivity contribution in [2.45, 2.75) is 46.7 Å². The van der Waals surface area contributed by atoms with Crippen LogP contribution in [0.4, 0.5) is 5.69 Å². The zero-order chi connectivity index (χ0) is 15.9. The largest absolute Gasteiger partial charge is 0.342 e. The highest BCUT2D eigenvalue weighted by Crippen LogP contribution is 2.33. The fourth-order valence-corrected chi connectivity index (χ4v) is 2.90. The van der Waals surface area contributed by atoms with Crippen LogP contribution in [-0.2, 0) is 9.59 Å². The van der Waals surface area contributed by atoms with Gasteiger partial charge in [-0.15, -0.1) is 0 Å². The molecule has 0 aliphatic carbocycles. The number of halogens is 1. The van der Waals surface area contributed by atoms with Gasteiger partial charge in [-0.1, -0.05) is 42.8 Å². The smallest absolute Gasteiger partial charge is 0.250 e. The van der Waals surface area contributed by atoms with Crippen molar-refractivity contribution in [2.24, 2.45) is 5.41 Å². The standard InChI is InChI=1S/C16H21BrN2O2/c1-9-11(17)7-6-8-12(9)19-10(2)14(20)18-13(15(19)21)16(3,4)5/h6-8,10,13H,1-5H3,(H,18,20). The van der Waals surface area contributed by atoms with E-state index in [9.17, 15) is 9.59 Å². The van der Waals surface area contributed by atoms with Crippen molar-refractivity contribution in [1.82, 2.24) is 5.32 Å². The summed E-state index contributed by atoms with van der Waals surface area (Å²) in [5, 5.41) is 2.85. The summed E-state index contributed by atoms with van der Waals surface area (Å²) in [7, 11) is 0. The molecular weight excluding hydrogens is 332 g/mol. The molecule has 1 heterocycles. The van der Waals surface area contributed by atoms with Gasteiger partial charge in [-0.25, -0.2) is 0 Å². The van der Waals surface area contributed by atoms with E-state index in [1.54, 1.807) is 11.8 Å². The number of rotatable bonds is 1. The van der Waals surface area contributed by atoms with E-state index < -0.39 is 12.1 Å². The van der Waals surface area contributed by atoms with Crippen LogP contribution >= 0.6 is 15.9 Å². The van der Waals surface area contributed by atoms with Crippen molar-refractivity contribution in [3.8, 4) is 0 Å². The third kappa shape index (κ3) is 2.84. The normalized spacial score (nSPS) is 23.2. The maximum absolute atomic E-state index is 12.9. The van der Waals surface area contributed by atoms with Crippen molar-refractivity contribution >= 4 is 33.4 Å². The Labute approximate surface area is 134 Å². The Bertz CT molecular complexity index is 592. The third-order valence-electron chi connectivity index (χ3n) is 3.90. The number of hydrogen-bond donors (Lipinski definition) is 1. The number of piperazine rings is 1. The molecule has 0 saturated carbocycles. The van der Waals surface area contributed by atoms with Crippen molar-refractivity contribution in [3.05, 3.63) is 28.2 Å². The van der Waals surface area contributed by atoms with Gasteiger partial charge in [-0.05, 0) is 37.0 Å². The monoisotopic (exact) mass is 352 g/mol. The number of amides is 2. The Morgan fingerprint density at radius 3 is 2.43 bits per heavy atom. The van der Waals surface area contributed by atoms with Gasteiger partial charge in [0.2, 0.25) is 5.91 Å². The van der Waals surface area contributed by atoms with Gasteiger partial charge in [0.05, 0.1) is 0 Å². The Balaban J connectivity index is 2.51. The Hall–Kier alpha value is -1.36. The second-order valence-electron chi connectivity index (χ2n) is 6.58. The zero-order valence-electron chi connectivity index (χ0n) is 13.0. The molecule has 5 heteroatoms. The van der Waals surface area contributed by atoms with Crippen LogP contribution in [0.25, 0.3) is 0 Å². The second-order valence-corrected chi connectivity index (χ2v) is 7.43. The predicted molar refractivity (Wildman–Crippen MR) is 87.2 cm³/mol. The minimum atomic E-state index is -0.514. The molecule has 2 unspecified atom stereocenters. The van der Waals surface area contributed by atoms with Gasteiger partial charge in [0.25, 0.3) is 5.91 Å². The number of hydrogen-bond acceptors (Lipinski definition) is 2. The van der Waals surface area contributed by atoms with Crippen molar-refractivity contribution < 1.29 is 9.59 Å². The topological polar surface area (TPSA) is 49.4 Å². The summed E-state index contributed by atoms with van der Waals surface area (Å²) < 4.78 is 0.929. The lowest BCUT2D eigenvalue weighted by Crippen LogP contribution is -2.66. The first kappa shape index (κ1) is 16.0. The maximum Gasteiger partial charge on any atom is 0.250 e. The minimum absolute atomic E-state index is 0.0594. The van der Waals surface area contributed by atoms with Crippen LogP contribution in [0.2, 0.25) is 0 Å². The van der Waals surface area contributed by atoms with E-state index in [2.05, 4.69) is 21.2 Å². The highest BCUT2D eigenvalue weighted by Gasteiger charge is 2.44. The van der Waals surface area contributed by atoms with Crippen LogP contribution in [0, 0.1) is 12.3 Å². The van der Waals surface area contributed by atoms with Gasteiger partial charge >= 0.3 is 0 Å². The van der Waals surface area contributed by atoms with E-state index in [1.807, 2.05) is 45.9 Å². The molecule has 4 nitrogen and oxygen atoms in total. The zero-order valence-corrected chi connectivity index (χ0v) is 14.6. The lowest BCUT2D eigenvalue weighted by molar-refractivity contribution is -0.136. The highest BCUT2D eigenvalue weighted by atomic mass is 79.9. The SMILES string of the molecule is Cc1c(Br)cccc1N1C(=O)C(C(C)(C)C)NC(=O)C1C. The van der Waals surface area contributed by atoms with Gasteiger partial charge < -0.3 is 5.32 Å². The molecule has 1 aliphatic rings. The molecule has 0 radical (unpaired) electrons. The first-order valence-corrected chi connectivity index (χ1v) is 7.82. The summed E-state index contributed by atoms with van der Waals surface area (Å²) >= 11 is 3.48. The highest BCUT2D eigenvalue weighted by molar-refractivity contribution is 9.10. The molecule has 1 saturated heterocycles. The third-order valence-corrected chi connectivity index (χ3v) is 4.76. The molecule has 1 aliphatic heterocycles. The molecule has 1 N–H and O–H groups in total. The van der Waals surface area contributed by atoms with Crippen LogP contribution < -0.4 is 10.2 Å². The number of nitrogens with zero attached hydrogens (tertiary/aromatic N) is 1. The van der Waals surface area contributed by atoms with Gasteiger partial charge in [-0.3, -0.25) is 14.5 Å². The van der Waals surface area contributed by atoms with Crippen LogP contribution in [0.3, 0.4) is 0 Å². The molecule has 2 amide bonds. The van der Waals surface area contributed by atoms with Gasteiger partial charge in [-0.2, -0.15) is 0 Å². The Morgan fingerprint density at radius 1 is 1.24 bits per heavy atom. The van der Waals surface area contributed by atoms with Gasteiger partial charge in [0.15, 0.2) is 0 Å². The molecule has 2 rings (SSSR count). The number of nitrogens with one attached hydrogen (secondary N) is 1. The van der Waals surface area contributed by atoms with E-state index in [0.29, 0.717) is 0 Å². The molecule has 1 fully saturated rings. The molecule has 21 heavy (non-hydrogen) atoms. The summed E-state index contributed by atoms with van der Waals surface area (Å²) in [4.78, 5) is 26.8. The summed E-state index contributed by atoms with van der Waals surface area (Å²) in [6, 6.07) is 4.67. The fourth-order valence-electron chi connectivity index (χ4n) is 2.54. The molecule has 114 valence electrons. The van der Waals surface area contributed by atoms with E-state index in [0.717, 1.165) is 15.7 Å². The molecule has 1 aromatic carbocycles. The van der Waals surface area contributed by atoms with Crippen LogP contribution in [0.1, 0.15) is 33.3 Å². The first-order valence-electron chi connectivity index (χ1n) is 7.03. The van der Waals surface area contributed by atoms with Crippen molar-refractivity contribution in [2.75, 3.05) is 4.90 Å². The number of anilines is 1. The van der Waals surface area contributed by atoms with Crippen LogP contribution in [0.15, 0.2) is 22.7 Å². The summed E-state index contributed by atoms with van der Waals surface area (Å²) in [5.41, 5.74) is 1.41. The lowest BCUT2D eigenvalue weighted by atomic mass is 9.83. The van der Waals surface area contributed by atoms with Crippen LogP contribution in [-0.4, -0.2) is 23.9 Å². The summed E-state index contributed by atoms with van der Waals surface area (Å²) in [5.74, 6) is -0.176. The first-order chi connectivity index (χ1) is 9.64. The maximum atomic E-state index is 12.9. The molecule has 2 atom stereocenters. The van der Waals surface area contributed by atoms with E-state index in [-0.39, 0.29) is 17.2 Å². The lowest BCUT2D eigenvalue weighted by Gasteiger charge is -2.42. The Kier molecular flexibility index (Phi) is 4.15. The summed E-state index contributed by atoms with van der Waals surface area (Å²) in [6.45, 7) is 9.57. The number of carbonyl (C=O) groups excluding carboxylic acids is 2. The predicted octanol–water partition coefficient (Wildman–Crippen LogP) is 3.02.